The number of aromatic nitrogens is 1. The number of hydrogen-bond acceptors (Lipinski definition) is 2. The Kier molecular flexibility index (Phi) is 4.19. The van der Waals surface area contributed by atoms with Crippen LogP contribution < -0.4 is 0 Å². The summed E-state index contributed by atoms with van der Waals surface area (Å²) in [5.74, 6) is 0.942. The zero-order valence-corrected chi connectivity index (χ0v) is 10.6. The van der Waals surface area contributed by atoms with Crippen LogP contribution in [0.2, 0.25) is 5.15 Å². The second-order valence-electron chi connectivity index (χ2n) is 4.61. The molecule has 3 heteroatoms. The van der Waals surface area contributed by atoms with Gasteiger partial charge in [-0.2, -0.15) is 0 Å². The predicted octanol–water partition coefficient (Wildman–Crippen LogP) is 3.36. The topological polar surface area (TPSA) is 16.1 Å². The predicted molar refractivity (Wildman–Crippen MR) is 67.5 cm³/mol. The van der Waals surface area contributed by atoms with Crippen molar-refractivity contribution < 1.29 is 0 Å². The molecule has 0 saturated carbocycles. The maximum absolute atomic E-state index is 5.88. The van der Waals surface area contributed by atoms with Crippen molar-refractivity contribution in [2.75, 3.05) is 13.1 Å². The van der Waals surface area contributed by atoms with Crippen LogP contribution in [-0.4, -0.2) is 23.0 Å². The van der Waals surface area contributed by atoms with Crippen molar-refractivity contribution in [3.8, 4) is 0 Å². The third-order valence-corrected chi connectivity index (χ3v) is 3.69. The standard InChI is InChI=1S/C13H19ClN2/c1-2-11-4-7-16(8-5-11)10-12-3-6-15-13(14)9-12/h3,6,9,11H,2,4-5,7-8,10H2,1H3. The lowest BCUT2D eigenvalue weighted by molar-refractivity contribution is 0.175. The highest BCUT2D eigenvalue weighted by Crippen LogP contribution is 2.21. The van der Waals surface area contributed by atoms with Gasteiger partial charge in [0.15, 0.2) is 0 Å². The summed E-state index contributed by atoms with van der Waals surface area (Å²) in [6, 6.07) is 4.02. The van der Waals surface area contributed by atoms with Crippen molar-refractivity contribution in [3.05, 3.63) is 29.0 Å². The molecule has 0 spiro atoms. The van der Waals surface area contributed by atoms with E-state index in [1.165, 1.54) is 37.9 Å². The summed E-state index contributed by atoms with van der Waals surface area (Å²) in [5.41, 5.74) is 1.27. The van der Waals surface area contributed by atoms with Gasteiger partial charge in [0.2, 0.25) is 0 Å². The van der Waals surface area contributed by atoms with Gasteiger partial charge < -0.3 is 0 Å². The Morgan fingerprint density at radius 3 is 2.81 bits per heavy atom. The molecule has 0 unspecified atom stereocenters. The van der Waals surface area contributed by atoms with Gasteiger partial charge in [-0.15, -0.1) is 0 Å². The van der Waals surface area contributed by atoms with Crippen LogP contribution in [0.25, 0.3) is 0 Å². The Balaban J connectivity index is 1.87. The zero-order valence-electron chi connectivity index (χ0n) is 9.82. The minimum Gasteiger partial charge on any atom is -0.299 e. The fraction of sp³-hybridized carbons (Fsp3) is 0.615. The van der Waals surface area contributed by atoms with E-state index in [-0.39, 0.29) is 0 Å². The average Bonchev–Trinajstić information content (AvgIpc) is 2.30. The highest BCUT2D eigenvalue weighted by Gasteiger charge is 2.17. The summed E-state index contributed by atoms with van der Waals surface area (Å²) in [6.45, 7) is 5.75. The van der Waals surface area contributed by atoms with E-state index in [0.717, 1.165) is 12.5 Å². The van der Waals surface area contributed by atoms with Crippen molar-refractivity contribution >= 4 is 11.6 Å². The SMILES string of the molecule is CCC1CCN(Cc2ccnc(Cl)c2)CC1. The van der Waals surface area contributed by atoms with Gasteiger partial charge in [0.1, 0.15) is 5.15 Å². The fourth-order valence-corrected chi connectivity index (χ4v) is 2.55. The van der Waals surface area contributed by atoms with Gasteiger partial charge in [0.25, 0.3) is 0 Å². The highest BCUT2D eigenvalue weighted by atomic mass is 35.5. The van der Waals surface area contributed by atoms with Crippen LogP contribution >= 0.6 is 11.6 Å². The molecule has 0 aliphatic carbocycles. The molecule has 0 atom stereocenters. The van der Waals surface area contributed by atoms with Gasteiger partial charge in [0.05, 0.1) is 0 Å². The molecule has 1 aromatic heterocycles. The number of rotatable bonds is 3. The molecular formula is C13H19ClN2. The molecule has 1 fully saturated rings. The summed E-state index contributed by atoms with van der Waals surface area (Å²) >= 11 is 5.88. The van der Waals surface area contributed by atoms with E-state index in [1.54, 1.807) is 6.20 Å². The monoisotopic (exact) mass is 238 g/mol. The van der Waals surface area contributed by atoms with Crippen molar-refractivity contribution in [2.24, 2.45) is 5.92 Å². The summed E-state index contributed by atoms with van der Waals surface area (Å²) in [5, 5.41) is 0.598. The number of halogens is 1. The normalized spacial score (nSPS) is 18.9. The smallest absolute Gasteiger partial charge is 0.129 e. The van der Waals surface area contributed by atoms with Crippen molar-refractivity contribution in [3.63, 3.8) is 0 Å². The molecule has 0 radical (unpaired) electrons. The lowest BCUT2D eigenvalue weighted by atomic mass is 9.94. The lowest BCUT2D eigenvalue weighted by Crippen LogP contribution is -2.32. The van der Waals surface area contributed by atoms with Gasteiger partial charge in [0, 0.05) is 12.7 Å². The molecule has 0 amide bonds. The first-order valence-corrected chi connectivity index (χ1v) is 6.48. The second kappa shape index (κ2) is 5.65. The quantitative estimate of drug-likeness (QED) is 0.751. The van der Waals surface area contributed by atoms with Gasteiger partial charge in [-0.25, -0.2) is 4.98 Å². The zero-order chi connectivity index (χ0) is 11.4. The number of hydrogen-bond donors (Lipinski definition) is 0. The third kappa shape index (κ3) is 3.19. The molecular weight excluding hydrogens is 220 g/mol. The van der Waals surface area contributed by atoms with Gasteiger partial charge in [-0.3, -0.25) is 4.90 Å². The van der Waals surface area contributed by atoms with Crippen LogP contribution in [0.3, 0.4) is 0 Å². The van der Waals surface area contributed by atoms with E-state index >= 15 is 0 Å². The minimum absolute atomic E-state index is 0.598. The summed E-state index contributed by atoms with van der Waals surface area (Å²) in [7, 11) is 0. The van der Waals surface area contributed by atoms with E-state index in [0.29, 0.717) is 5.15 Å². The summed E-state index contributed by atoms with van der Waals surface area (Å²) in [6.07, 6.45) is 5.80. The molecule has 16 heavy (non-hydrogen) atoms. The molecule has 0 aromatic carbocycles. The third-order valence-electron chi connectivity index (χ3n) is 3.48. The van der Waals surface area contributed by atoms with E-state index in [4.69, 9.17) is 11.6 Å². The van der Waals surface area contributed by atoms with E-state index in [2.05, 4.69) is 22.9 Å². The lowest BCUT2D eigenvalue weighted by Gasteiger charge is -2.31. The Hall–Kier alpha value is -0.600. The van der Waals surface area contributed by atoms with Crippen molar-refractivity contribution in [1.82, 2.24) is 9.88 Å². The molecule has 2 rings (SSSR count). The maximum Gasteiger partial charge on any atom is 0.129 e. The second-order valence-corrected chi connectivity index (χ2v) is 5.00. The average molecular weight is 239 g/mol. The molecule has 1 aromatic rings. The van der Waals surface area contributed by atoms with Crippen LogP contribution in [0, 0.1) is 5.92 Å². The first-order chi connectivity index (χ1) is 7.78. The molecule has 1 saturated heterocycles. The number of likely N-dealkylation sites (tertiary alicyclic amines) is 1. The highest BCUT2D eigenvalue weighted by molar-refractivity contribution is 6.29. The van der Waals surface area contributed by atoms with Crippen LogP contribution in [0.15, 0.2) is 18.3 Å². The Bertz CT molecular complexity index is 332. The largest absolute Gasteiger partial charge is 0.299 e. The van der Waals surface area contributed by atoms with Crippen molar-refractivity contribution in [2.45, 2.75) is 32.7 Å². The molecule has 1 aliphatic rings. The molecule has 2 heterocycles. The molecule has 0 bridgehead atoms. The number of piperidine rings is 1. The van der Waals surface area contributed by atoms with E-state index < -0.39 is 0 Å². The van der Waals surface area contributed by atoms with Gasteiger partial charge in [-0.1, -0.05) is 24.9 Å². The molecule has 2 nitrogen and oxygen atoms in total. The summed E-state index contributed by atoms with van der Waals surface area (Å²) < 4.78 is 0. The van der Waals surface area contributed by atoms with Crippen LogP contribution in [0.4, 0.5) is 0 Å². The minimum atomic E-state index is 0.598. The molecule has 88 valence electrons. The first-order valence-electron chi connectivity index (χ1n) is 6.10. The Morgan fingerprint density at radius 1 is 1.44 bits per heavy atom. The van der Waals surface area contributed by atoms with E-state index in [1.807, 2.05) is 6.07 Å². The fourth-order valence-electron chi connectivity index (χ4n) is 2.35. The van der Waals surface area contributed by atoms with Crippen molar-refractivity contribution in [1.29, 1.82) is 0 Å². The number of pyridine rings is 1. The first kappa shape index (κ1) is 11.9. The molecule has 0 N–H and O–H groups in total. The van der Waals surface area contributed by atoms with Crippen LogP contribution in [-0.2, 0) is 6.54 Å². The van der Waals surface area contributed by atoms with Crippen LogP contribution in [0.5, 0.6) is 0 Å². The molecule has 1 aliphatic heterocycles. The summed E-state index contributed by atoms with van der Waals surface area (Å²) in [4.78, 5) is 6.52. The van der Waals surface area contributed by atoms with Gasteiger partial charge in [-0.05, 0) is 49.5 Å². The Morgan fingerprint density at radius 2 is 2.19 bits per heavy atom. The Labute approximate surface area is 103 Å². The number of nitrogens with zero attached hydrogens (tertiary/aromatic N) is 2. The van der Waals surface area contributed by atoms with Gasteiger partial charge >= 0.3 is 0 Å². The van der Waals surface area contributed by atoms with E-state index in [9.17, 15) is 0 Å². The maximum atomic E-state index is 5.88. The van der Waals surface area contributed by atoms with Crippen LogP contribution in [0.1, 0.15) is 31.7 Å².